The van der Waals surface area contributed by atoms with Crippen molar-refractivity contribution < 1.29 is 8.78 Å². The van der Waals surface area contributed by atoms with Crippen LogP contribution in [0.2, 0.25) is 0 Å². The highest BCUT2D eigenvalue weighted by molar-refractivity contribution is 5.23. The van der Waals surface area contributed by atoms with E-state index in [1.165, 1.54) is 18.1 Å². The van der Waals surface area contributed by atoms with Crippen molar-refractivity contribution in [2.45, 2.75) is 38.1 Å². The topological polar surface area (TPSA) is 26.0 Å². The molecule has 0 radical (unpaired) electrons. The van der Waals surface area contributed by atoms with Gasteiger partial charge in [0.15, 0.2) is 11.6 Å². The summed E-state index contributed by atoms with van der Waals surface area (Å²) in [6.45, 7) is 0. The fourth-order valence-corrected chi connectivity index (χ4v) is 2.27. The summed E-state index contributed by atoms with van der Waals surface area (Å²) in [5.41, 5.74) is 7.59. The van der Waals surface area contributed by atoms with Gasteiger partial charge < -0.3 is 5.73 Å². The molecule has 1 aliphatic rings. The summed E-state index contributed by atoms with van der Waals surface area (Å²) in [5, 5.41) is 0. The molecular weight excluding hydrogens is 220 g/mol. The molecule has 0 spiro atoms. The van der Waals surface area contributed by atoms with Gasteiger partial charge in [-0.05, 0) is 43.7 Å². The smallest absolute Gasteiger partial charge is 0.162 e. The fraction of sp³-hybridized carbons (Fsp3) is 0.429. The molecule has 2 rings (SSSR count). The van der Waals surface area contributed by atoms with E-state index in [1.54, 1.807) is 6.07 Å². The molecule has 1 aromatic rings. The number of rotatable bonds is 3. The van der Waals surface area contributed by atoms with Crippen molar-refractivity contribution in [2.75, 3.05) is 0 Å². The van der Waals surface area contributed by atoms with Crippen molar-refractivity contribution in [3.8, 4) is 0 Å². The van der Waals surface area contributed by atoms with Crippen LogP contribution in [0.15, 0.2) is 29.8 Å². The molecular formula is C14H17F2N. The maximum Gasteiger partial charge on any atom is 0.162 e. The third-order valence-corrected chi connectivity index (χ3v) is 3.27. The van der Waals surface area contributed by atoms with Crippen LogP contribution < -0.4 is 5.73 Å². The van der Waals surface area contributed by atoms with Gasteiger partial charge in [-0.15, -0.1) is 0 Å². The predicted octanol–water partition coefficient (Wildman–Crippen LogP) is 3.34. The zero-order chi connectivity index (χ0) is 12.3. The van der Waals surface area contributed by atoms with E-state index in [2.05, 4.69) is 6.08 Å². The first kappa shape index (κ1) is 12.2. The molecule has 17 heavy (non-hydrogen) atoms. The lowest BCUT2D eigenvalue weighted by Gasteiger charge is -2.19. The summed E-state index contributed by atoms with van der Waals surface area (Å²) in [4.78, 5) is 0. The molecule has 0 amide bonds. The highest BCUT2D eigenvalue weighted by Crippen LogP contribution is 2.22. The Morgan fingerprint density at radius 2 is 2.06 bits per heavy atom. The van der Waals surface area contributed by atoms with Gasteiger partial charge in [0, 0.05) is 6.04 Å². The maximum atomic E-state index is 13.5. The van der Waals surface area contributed by atoms with Crippen LogP contribution in [0, 0.1) is 11.6 Å². The third kappa shape index (κ3) is 2.91. The van der Waals surface area contributed by atoms with Gasteiger partial charge in [0.1, 0.15) is 0 Å². The lowest BCUT2D eigenvalue weighted by molar-refractivity contribution is 0.494. The minimum atomic E-state index is -0.799. The van der Waals surface area contributed by atoms with Crippen LogP contribution in [0.25, 0.3) is 0 Å². The molecule has 0 bridgehead atoms. The van der Waals surface area contributed by atoms with E-state index in [9.17, 15) is 8.78 Å². The predicted molar refractivity (Wildman–Crippen MR) is 64.6 cm³/mol. The minimum Gasteiger partial charge on any atom is -0.324 e. The van der Waals surface area contributed by atoms with Gasteiger partial charge in [0.05, 0.1) is 0 Å². The Morgan fingerprint density at radius 3 is 2.76 bits per heavy atom. The van der Waals surface area contributed by atoms with Gasteiger partial charge in [0.25, 0.3) is 0 Å². The summed E-state index contributed by atoms with van der Waals surface area (Å²) in [5.74, 6) is -1.56. The second-order valence-corrected chi connectivity index (χ2v) is 4.55. The van der Waals surface area contributed by atoms with E-state index in [1.807, 2.05) is 0 Å². The molecule has 2 N–H and O–H groups in total. The zero-order valence-corrected chi connectivity index (χ0v) is 9.76. The van der Waals surface area contributed by atoms with Gasteiger partial charge in [-0.3, -0.25) is 0 Å². The normalized spacial score (nSPS) is 17.7. The second kappa shape index (κ2) is 5.41. The first-order valence-corrected chi connectivity index (χ1v) is 6.06. The van der Waals surface area contributed by atoms with Gasteiger partial charge in [-0.25, -0.2) is 8.78 Å². The number of halogens is 2. The lowest BCUT2D eigenvalue weighted by atomic mass is 9.91. The Labute approximate surface area is 100 Å². The van der Waals surface area contributed by atoms with Crippen molar-refractivity contribution in [1.29, 1.82) is 0 Å². The quantitative estimate of drug-likeness (QED) is 0.802. The largest absolute Gasteiger partial charge is 0.324 e. The van der Waals surface area contributed by atoms with Crippen molar-refractivity contribution in [2.24, 2.45) is 5.73 Å². The Hall–Kier alpha value is -1.22. The summed E-state index contributed by atoms with van der Waals surface area (Å²) in [6, 6.07) is 4.06. The summed E-state index contributed by atoms with van der Waals surface area (Å²) in [7, 11) is 0. The van der Waals surface area contributed by atoms with Crippen LogP contribution in [0.5, 0.6) is 0 Å². The van der Waals surface area contributed by atoms with Gasteiger partial charge >= 0.3 is 0 Å². The Balaban J connectivity index is 2.10. The number of nitrogens with two attached hydrogens (primary N) is 1. The van der Waals surface area contributed by atoms with Crippen molar-refractivity contribution >= 4 is 0 Å². The van der Waals surface area contributed by atoms with Gasteiger partial charge in [-0.1, -0.05) is 23.8 Å². The molecule has 1 aliphatic carbocycles. The number of hydrogen-bond donors (Lipinski definition) is 1. The van der Waals surface area contributed by atoms with E-state index in [-0.39, 0.29) is 6.04 Å². The molecule has 0 aliphatic heterocycles. The van der Waals surface area contributed by atoms with E-state index in [0.29, 0.717) is 12.0 Å². The molecule has 3 heteroatoms. The molecule has 1 unspecified atom stereocenters. The first-order valence-electron chi connectivity index (χ1n) is 6.06. The van der Waals surface area contributed by atoms with Gasteiger partial charge in [-0.2, -0.15) is 0 Å². The van der Waals surface area contributed by atoms with Crippen LogP contribution in [-0.2, 0) is 6.42 Å². The average Bonchev–Trinajstić information content (AvgIpc) is 2.36. The average molecular weight is 237 g/mol. The third-order valence-electron chi connectivity index (χ3n) is 3.27. The number of allylic oxidation sites excluding steroid dienone is 1. The molecule has 1 atom stereocenters. The molecule has 1 nitrogen and oxygen atoms in total. The fourth-order valence-electron chi connectivity index (χ4n) is 2.27. The molecule has 0 saturated heterocycles. The van der Waals surface area contributed by atoms with Crippen LogP contribution in [0.4, 0.5) is 8.78 Å². The monoisotopic (exact) mass is 237 g/mol. The van der Waals surface area contributed by atoms with Crippen molar-refractivity contribution in [1.82, 2.24) is 0 Å². The Morgan fingerprint density at radius 1 is 1.24 bits per heavy atom. The van der Waals surface area contributed by atoms with E-state index < -0.39 is 11.6 Å². The molecule has 0 aromatic heterocycles. The molecule has 0 saturated carbocycles. The Kier molecular flexibility index (Phi) is 3.89. The van der Waals surface area contributed by atoms with E-state index in [0.717, 1.165) is 25.3 Å². The molecule has 1 aromatic carbocycles. The van der Waals surface area contributed by atoms with E-state index >= 15 is 0 Å². The lowest BCUT2D eigenvalue weighted by Crippen LogP contribution is -2.27. The second-order valence-electron chi connectivity index (χ2n) is 4.55. The van der Waals surface area contributed by atoms with E-state index in [4.69, 9.17) is 5.73 Å². The van der Waals surface area contributed by atoms with Gasteiger partial charge in [0.2, 0.25) is 0 Å². The molecule has 0 fully saturated rings. The van der Waals surface area contributed by atoms with Crippen molar-refractivity contribution in [3.63, 3.8) is 0 Å². The summed E-state index contributed by atoms with van der Waals surface area (Å²) >= 11 is 0. The first-order chi connectivity index (χ1) is 8.18. The van der Waals surface area contributed by atoms with Crippen LogP contribution in [0.3, 0.4) is 0 Å². The van der Waals surface area contributed by atoms with Crippen LogP contribution in [0.1, 0.15) is 31.2 Å². The number of hydrogen-bond acceptors (Lipinski definition) is 1. The SMILES string of the molecule is NC(Cc1cccc(F)c1F)C1=CCCCC1. The number of benzene rings is 1. The highest BCUT2D eigenvalue weighted by Gasteiger charge is 2.15. The standard InChI is InChI=1S/C14H17F2N/c15-12-8-4-7-11(14(12)16)9-13(17)10-5-2-1-3-6-10/h4-5,7-8,13H,1-3,6,9,17H2. The Bertz CT molecular complexity index is 426. The van der Waals surface area contributed by atoms with Crippen LogP contribution in [-0.4, -0.2) is 6.04 Å². The zero-order valence-electron chi connectivity index (χ0n) is 9.76. The highest BCUT2D eigenvalue weighted by atomic mass is 19.2. The molecule has 0 heterocycles. The maximum absolute atomic E-state index is 13.5. The van der Waals surface area contributed by atoms with Crippen molar-refractivity contribution in [3.05, 3.63) is 47.0 Å². The summed E-state index contributed by atoms with van der Waals surface area (Å²) < 4.78 is 26.5. The van der Waals surface area contributed by atoms with Crippen LogP contribution >= 0.6 is 0 Å². The molecule has 92 valence electrons. The minimum absolute atomic E-state index is 0.188. The summed E-state index contributed by atoms with van der Waals surface area (Å²) in [6.07, 6.45) is 6.89.